The van der Waals surface area contributed by atoms with E-state index < -0.39 is 5.82 Å². The van der Waals surface area contributed by atoms with Crippen LogP contribution in [0.15, 0.2) is 29.2 Å². The zero-order chi connectivity index (χ0) is 20.1. The molecule has 1 aliphatic heterocycles. The Labute approximate surface area is 169 Å². The van der Waals surface area contributed by atoms with Crippen LogP contribution in [0.2, 0.25) is 0 Å². The van der Waals surface area contributed by atoms with Crippen LogP contribution >= 0.6 is 11.3 Å². The van der Waals surface area contributed by atoms with Crippen molar-refractivity contribution >= 4 is 32.3 Å². The summed E-state index contributed by atoms with van der Waals surface area (Å²) in [6, 6.07) is 4.95. The van der Waals surface area contributed by atoms with Crippen LogP contribution in [0.5, 0.6) is 0 Å². The summed E-state index contributed by atoms with van der Waals surface area (Å²) in [7, 11) is 3.75. The van der Waals surface area contributed by atoms with E-state index in [1.165, 1.54) is 28.0 Å². The molecule has 1 N–H and O–H groups in total. The van der Waals surface area contributed by atoms with Crippen molar-refractivity contribution in [2.45, 2.75) is 18.9 Å². The fraction of sp³-hybridized carbons (Fsp3) is 0.368. The number of aryl methyl sites for hydroxylation is 1. The topological polar surface area (TPSA) is 80.3 Å². The summed E-state index contributed by atoms with van der Waals surface area (Å²) in [6.45, 7) is 1.95. The third kappa shape index (κ3) is 3.18. The van der Waals surface area contributed by atoms with Gasteiger partial charge in [-0.2, -0.15) is 9.61 Å². The first-order valence-electron chi connectivity index (χ1n) is 9.47. The molecule has 0 unspecified atom stereocenters. The predicted octanol–water partition coefficient (Wildman–Crippen LogP) is 2.03. The lowest BCUT2D eigenvalue weighted by molar-refractivity contribution is 0.442. The lowest BCUT2D eigenvalue weighted by atomic mass is 10.1. The predicted molar refractivity (Wildman–Crippen MR) is 111 cm³/mol. The number of hydrogen-bond acceptors (Lipinski definition) is 7. The molecule has 1 fully saturated rings. The molecular formula is C19H20FN7OS. The van der Waals surface area contributed by atoms with Crippen molar-refractivity contribution in [1.82, 2.24) is 29.7 Å². The second-order valence-electron chi connectivity index (χ2n) is 7.35. The Balaban J connectivity index is 1.57. The number of nitrogens with one attached hydrogen (secondary N) is 1. The molecule has 1 aliphatic rings. The maximum Gasteiger partial charge on any atom is 0.275 e. The molecule has 5 rings (SSSR count). The minimum atomic E-state index is -0.435. The molecule has 0 bridgehead atoms. The first kappa shape index (κ1) is 18.2. The van der Waals surface area contributed by atoms with E-state index in [4.69, 9.17) is 0 Å². The Morgan fingerprint density at radius 2 is 2.03 bits per heavy atom. The van der Waals surface area contributed by atoms with Gasteiger partial charge in [0, 0.05) is 43.4 Å². The molecule has 10 heteroatoms. The zero-order valence-electron chi connectivity index (χ0n) is 16.1. The van der Waals surface area contributed by atoms with Crippen molar-refractivity contribution in [2.75, 3.05) is 25.0 Å². The first-order chi connectivity index (χ1) is 14.0. The minimum Gasteiger partial charge on any atom is -0.347 e. The normalized spacial score (nSPS) is 15.4. The van der Waals surface area contributed by atoms with Gasteiger partial charge in [-0.15, -0.1) is 5.10 Å². The van der Waals surface area contributed by atoms with Crippen LogP contribution in [0.25, 0.3) is 27.1 Å². The van der Waals surface area contributed by atoms with E-state index in [0.29, 0.717) is 33.2 Å². The summed E-state index contributed by atoms with van der Waals surface area (Å²) in [5, 5.41) is 13.4. The van der Waals surface area contributed by atoms with Crippen LogP contribution in [-0.4, -0.2) is 50.6 Å². The van der Waals surface area contributed by atoms with E-state index in [2.05, 4.69) is 25.4 Å². The smallest absolute Gasteiger partial charge is 0.275 e. The monoisotopic (exact) mass is 413 g/mol. The Bertz CT molecular complexity index is 1270. The quantitative estimate of drug-likeness (QED) is 0.554. The summed E-state index contributed by atoms with van der Waals surface area (Å²) in [5.74, 6) is -0.435. The van der Waals surface area contributed by atoms with Crippen LogP contribution in [-0.2, 0) is 7.05 Å². The Hall–Kier alpha value is -2.85. The summed E-state index contributed by atoms with van der Waals surface area (Å²) in [5.41, 5.74) is 0.999. The largest absolute Gasteiger partial charge is 0.347 e. The van der Waals surface area contributed by atoms with Gasteiger partial charge < -0.3 is 10.2 Å². The number of rotatable bonds is 3. The molecule has 0 saturated carbocycles. The van der Waals surface area contributed by atoms with Gasteiger partial charge in [-0.25, -0.2) is 9.37 Å². The summed E-state index contributed by atoms with van der Waals surface area (Å²) < 4.78 is 17.4. The number of anilines is 1. The van der Waals surface area contributed by atoms with Crippen molar-refractivity contribution in [2.24, 2.45) is 7.05 Å². The molecule has 0 amide bonds. The van der Waals surface area contributed by atoms with E-state index >= 15 is 0 Å². The SMILES string of the molecule is CN(c1nn2c(=O)cc(-c3cc(F)c4nn(C)cc4c3)nc2s1)C1CCNCC1. The first-order valence-corrected chi connectivity index (χ1v) is 10.3. The van der Waals surface area contributed by atoms with Crippen molar-refractivity contribution in [3.63, 3.8) is 0 Å². The highest BCUT2D eigenvalue weighted by Gasteiger charge is 2.22. The molecule has 150 valence electrons. The van der Waals surface area contributed by atoms with Gasteiger partial charge >= 0.3 is 0 Å². The number of benzene rings is 1. The molecule has 0 radical (unpaired) electrons. The van der Waals surface area contributed by atoms with Crippen LogP contribution in [0.3, 0.4) is 0 Å². The molecule has 0 spiro atoms. The lowest BCUT2D eigenvalue weighted by Gasteiger charge is -2.30. The second kappa shape index (κ2) is 6.89. The molecule has 1 aromatic carbocycles. The van der Waals surface area contributed by atoms with Gasteiger partial charge in [0.1, 0.15) is 5.52 Å². The van der Waals surface area contributed by atoms with E-state index in [0.717, 1.165) is 31.1 Å². The highest BCUT2D eigenvalue weighted by Crippen LogP contribution is 2.28. The van der Waals surface area contributed by atoms with Crippen LogP contribution < -0.4 is 15.8 Å². The van der Waals surface area contributed by atoms with E-state index in [1.54, 1.807) is 24.0 Å². The zero-order valence-corrected chi connectivity index (χ0v) is 16.9. The molecule has 29 heavy (non-hydrogen) atoms. The summed E-state index contributed by atoms with van der Waals surface area (Å²) >= 11 is 1.37. The molecule has 4 heterocycles. The average molecular weight is 413 g/mol. The average Bonchev–Trinajstić information content (AvgIpc) is 3.31. The molecule has 8 nitrogen and oxygen atoms in total. The maximum atomic E-state index is 14.5. The fourth-order valence-corrected chi connectivity index (χ4v) is 4.74. The van der Waals surface area contributed by atoms with Gasteiger partial charge in [-0.05, 0) is 38.1 Å². The minimum absolute atomic E-state index is 0.280. The molecule has 0 aliphatic carbocycles. The van der Waals surface area contributed by atoms with Crippen molar-refractivity contribution in [3.8, 4) is 11.3 Å². The molecule has 1 saturated heterocycles. The van der Waals surface area contributed by atoms with E-state index in [1.807, 2.05) is 7.05 Å². The second-order valence-corrected chi connectivity index (χ2v) is 8.28. The number of piperidine rings is 1. The van der Waals surface area contributed by atoms with Gasteiger partial charge in [0.15, 0.2) is 5.82 Å². The third-order valence-electron chi connectivity index (χ3n) is 5.36. The Morgan fingerprint density at radius 1 is 1.24 bits per heavy atom. The summed E-state index contributed by atoms with van der Waals surface area (Å²) in [4.78, 5) is 19.9. The standard InChI is InChI=1S/C19H20FN7OS/c1-25-10-12-7-11(8-14(20)17(12)23-25)15-9-16(28)27-18(22-15)29-19(24-27)26(2)13-3-5-21-6-4-13/h7-10,13,21H,3-6H2,1-2H3. The highest BCUT2D eigenvalue weighted by atomic mass is 32.1. The van der Waals surface area contributed by atoms with Crippen molar-refractivity contribution in [1.29, 1.82) is 0 Å². The van der Waals surface area contributed by atoms with Gasteiger partial charge in [-0.3, -0.25) is 9.48 Å². The number of halogens is 1. The van der Waals surface area contributed by atoms with Crippen molar-refractivity contribution in [3.05, 3.63) is 40.6 Å². The van der Waals surface area contributed by atoms with Crippen molar-refractivity contribution < 1.29 is 4.39 Å². The number of aromatic nitrogens is 5. The third-order valence-corrected chi connectivity index (χ3v) is 6.36. The Morgan fingerprint density at radius 3 is 2.83 bits per heavy atom. The maximum absolute atomic E-state index is 14.5. The van der Waals surface area contributed by atoms with Gasteiger partial charge in [-0.1, -0.05) is 11.3 Å². The lowest BCUT2D eigenvalue weighted by Crippen LogP contribution is -2.41. The van der Waals surface area contributed by atoms with Crippen LogP contribution in [0.4, 0.5) is 9.52 Å². The summed E-state index contributed by atoms with van der Waals surface area (Å²) in [6.07, 6.45) is 3.81. The molecule has 0 atom stereocenters. The van der Waals surface area contributed by atoms with Gasteiger partial charge in [0.05, 0.1) is 5.69 Å². The van der Waals surface area contributed by atoms with E-state index in [9.17, 15) is 9.18 Å². The fourth-order valence-electron chi connectivity index (χ4n) is 3.80. The van der Waals surface area contributed by atoms with E-state index in [-0.39, 0.29) is 5.56 Å². The number of fused-ring (bicyclic) bond motifs is 2. The number of nitrogens with zero attached hydrogens (tertiary/aromatic N) is 6. The van der Waals surface area contributed by atoms with Crippen LogP contribution in [0, 0.1) is 5.82 Å². The Kier molecular flexibility index (Phi) is 4.32. The highest BCUT2D eigenvalue weighted by molar-refractivity contribution is 7.20. The van der Waals surface area contributed by atoms with Crippen LogP contribution in [0.1, 0.15) is 12.8 Å². The molecule has 3 aromatic heterocycles. The number of hydrogen-bond donors (Lipinski definition) is 1. The van der Waals surface area contributed by atoms with Gasteiger partial charge in [0.25, 0.3) is 5.56 Å². The molecule has 4 aromatic rings. The molecular weight excluding hydrogens is 393 g/mol. The van der Waals surface area contributed by atoms with Gasteiger partial charge in [0.2, 0.25) is 10.1 Å².